The van der Waals surface area contributed by atoms with Gasteiger partial charge in [-0.3, -0.25) is 9.59 Å². The topological polar surface area (TPSA) is 101 Å². The van der Waals surface area contributed by atoms with E-state index in [1.54, 1.807) is 24.3 Å². The monoisotopic (exact) mass is 485 g/mol. The first-order chi connectivity index (χ1) is 16.7. The Kier molecular flexibility index (Phi) is 6.32. The van der Waals surface area contributed by atoms with Crippen LogP contribution in [0.3, 0.4) is 0 Å². The van der Waals surface area contributed by atoms with Crippen molar-refractivity contribution in [1.29, 1.82) is 0 Å². The van der Waals surface area contributed by atoms with Crippen molar-refractivity contribution < 1.29 is 36.7 Å². The van der Waals surface area contributed by atoms with Crippen LogP contribution in [0.15, 0.2) is 70.8 Å². The molecule has 1 aliphatic heterocycles. The summed E-state index contributed by atoms with van der Waals surface area (Å²) >= 11 is 0. The normalized spacial score (nSPS) is 14.9. The van der Waals surface area contributed by atoms with E-state index in [9.17, 15) is 27.6 Å². The number of anilines is 1. The number of carbonyl (C=O) groups excluding carboxylic acids is 3. The molecule has 11 heteroatoms. The largest absolute Gasteiger partial charge is 0.495 e. The van der Waals surface area contributed by atoms with E-state index in [0.717, 1.165) is 12.1 Å². The number of carbonyl (C=O) groups is 3. The minimum Gasteiger partial charge on any atom is -0.495 e. The lowest BCUT2D eigenvalue weighted by Crippen LogP contribution is -2.38. The Morgan fingerprint density at radius 3 is 2.63 bits per heavy atom. The SMILES string of the molecule is COc1ccccc1NC(=O)CN1C(=O)N/C(=C/c2ccc(-c3cccc(C(F)(F)F)c3)o2)C1=O. The van der Waals surface area contributed by atoms with Crippen molar-refractivity contribution in [2.24, 2.45) is 0 Å². The zero-order chi connectivity index (χ0) is 25.2. The van der Waals surface area contributed by atoms with E-state index < -0.39 is 36.1 Å². The first kappa shape index (κ1) is 23.6. The molecule has 0 radical (unpaired) electrons. The third kappa shape index (κ3) is 5.18. The lowest BCUT2D eigenvalue weighted by atomic mass is 10.1. The van der Waals surface area contributed by atoms with Gasteiger partial charge in [-0.15, -0.1) is 0 Å². The Morgan fingerprint density at radius 1 is 1.11 bits per heavy atom. The average Bonchev–Trinajstić information content (AvgIpc) is 3.39. The van der Waals surface area contributed by atoms with Crippen molar-refractivity contribution in [2.45, 2.75) is 6.18 Å². The number of benzene rings is 2. The summed E-state index contributed by atoms with van der Waals surface area (Å²) in [6, 6.07) is 13.3. The van der Waals surface area contributed by atoms with Gasteiger partial charge in [0.1, 0.15) is 29.5 Å². The Hall–Kier alpha value is -4.54. The number of nitrogens with zero attached hydrogens (tertiary/aromatic N) is 1. The van der Waals surface area contributed by atoms with Gasteiger partial charge in [0, 0.05) is 11.6 Å². The highest BCUT2D eigenvalue weighted by atomic mass is 19.4. The molecule has 1 aromatic heterocycles. The molecule has 0 bridgehead atoms. The second-order valence-corrected chi connectivity index (χ2v) is 7.41. The fourth-order valence-electron chi connectivity index (χ4n) is 3.37. The van der Waals surface area contributed by atoms with Gasteiger partial charge in [-0.05, 0) is 36.4 Å². The van der Waals surface area contributed by atoms with Gasteiger partial charge < -0.3 is 19.8 Å². The highest BCUT2D eigenvalue weighted by molar-refractivity contribution is 6.15. The molecule has 0 atom stereocenters. The smallest absolute Gasteiger partial charge is 0.416 e. The molecule has 2 heterocycles. The number of amides is 4. The van der Waals surface area contributed by atoms with E-state index >= 15 is 0 Å². The summed E-state index contributed by atoms with van der Waals surface area (Å²) in [5.41, 5.74) is -0.405. The summed E-state index contributed by atoms with van der Waals surface area (Å²) in [6.45, 7) is -0.548. The fraction of sp³-hybridized carbons (Fsp3) is 0.125. The molecule has 0 spiro atoms. The number of hydrogen-bond donors (Lipinski definition) is 2. The molecule has 1 fully saturated rings. The van der Waals surface area contributed by atoms with Crippen LogP contribution in [0.5, 0.6) is 5.75 Å². The van der Waals surface area contributed by atoms with E-state index in [-0.39, 0.29) is 22.8 Å². The summed E-state index contributed by atoms with van der Waals surface area (Å²) in [7, 11) is 1.44. The first-order valence-electron chi connectivity index (χ1n) is 10.2. The second-order valence-electron chi connectivity index (χ2n) is 7.41. The molecule has 2 N–H and O–H groups in total. The molecule has 4 rings (SSSR count). The van der Waals surface area contributed by atoms with Gasteiger partial charge in [0.05, 0.1) is 18.4 Å². The summed E-state index contributed by atoms with van der Waals surface area (Å²) in [5.74, 6) is -0.701. The molecule has 35 heavy (non-hydrogen) atoms. The van der Waals surface area contributed by atoms with Gasteiger partial charge in [0.25, 0.3) is 5.91 Å². The van der Waals surface area contributed by atoms with Crippen molar-refractivity contribution in [3.8, 4) is 17.1 Å². The lowest BCUT2D eigenvalue weighted by molar-refractivity contribution is -0.137. The summed E-state index contributed by atoms with van der Waals surface area (Å²) in [5, 5.41) is 4.93. The maximum Gasteiger partial charge on any atom is 0.416 e. The third-order valence-electron chi connectivity index (χ3n) is 5.03. The van der Waals surface area contributed by atoms with Crippen LogP contribution in [0, 0.1) is 0 Å². The minimum absolute atomic E-state index is 0.126. The molecule has 0 aliphatic carbocycles. The Balaban J connectivity index is 1.47. The fourth-order valence-corrected chi connectivity index (χ4v) is 3.37. The molecule has 2 aromatic carbocycles. The molecular formula is C24H18F3N3O5. The number of alkyl halides is 3. The maximum absolute atomic E-state index is 13.0. The van der Waals surface area contributed by atoms with Gasteiger partial charge in [-0.25, -0.2) is 9.69 Å². The number of para-hydroxylation sites is 2. The standard InChI is InChI=1S/C24H18F3N3O5/c1-34-20-8-3-2-7-17(20)28-21(31)13-30-22(32)18(29-23(30)33)12-16-9-10-19(35-16)14-5-4-6-15(11-14)24(25,26)27/h2-12H,13H2,1H3,(H,28,31)(H,29,33)/b18-12+. The number of methoxy groups -OCH3 is 1. The van der Waals surface area contributed by atoms with E-state index in [1.165, 1.54) is 37.5 Å². The Morgan fingerprint density at radius 2 is 1.89 bits per heavy atom. The van der Waals surface area contributed by atoms with Crippen LogP contribution in [-0.4, -0.2) is 36.4 Å². The van der Waals surface area contributed by atoms with E-state index in [4.69, 9.17) is 9.15 Å². The highest BCUT2D eigenvalue weighted by Gasteiger charge is 2.35. The Labute approximate surface area is 197 Å². The predicted molar refractivity (Wildman–Crippen MR) is 119 cm³/mol. The van der Waals surface area contributed by atoms with Crippen LogP contribution in [0.2, 0.25) is 0 Å². The van der Waals surface area contributed by atoms with E-state index in [0.29, 0.717) is 16.3 Å². The van der Waals surface area contributed by atoms with Crippen LogP contribution in [0.25, 0.3) is 17.4 Å². The van der Waals surface area contributed by atoms with Crippen molar-refractivity contribution in [3.05, 3.63) is 77.7 Å². The Bertz CT molecular complexity index is 1330. The second kappa shape index (κ2) is 9.37. The van der Waals surface area contributed by atoms with Crippen molar-refractivity contribution in [3.63, 3.8) is 0 Å². The predicted octanol–water partition coefficient (Wildman–Crippen LogP) is 4.51. The third-order valence-corrected chi connectivity index (χ3v) is 5.03. The van der Waals surface area contributed by atoms with Crippen LogP contribution >= 0.6 is 0 Å². The summed E-state index contributed by atoms with van der Waals surface area (Å²) in [4.78, 5) is 38.0. The van der Waals surface area contributed by atoms with Crippen molar-refractivity contribution in [2.75, 3.05) is 19.0 Å². The number of furan rings is 1. The quantitative estimate of drug-likeness (QED) is 0.395. The zero-order valence-corrected chi connectivity index (χ0v) is 18.2. The number of hydrogen-bond acceptors (Lipinski definition) is 5. The molecule has 3 aromatic rings. The number of imide groups is 1. The molecule has 4 amide bonds. The number of rotatable bonds is 6. The summed E-state index contributed by atoms with van der Waals surface area (Å²) < 4.78 is 49.6. The summed E-state index contributed by atoms with van der Waals surface area (Å²) in [6.07, 6.45) is -3.27. The number of halogens is 3. The molecule has 180 valence electrons. The van der Waals surface area contributed by atoms with Gasteiger partial charge in [-0.1, -0.05) is 24.3 Å². The molecule has 1 aliphatic rings. The molecule has 0 saturated carbocycles. The average molecular weight is 485 g/mol. The maximum atomic E-state index is 13.0. The first-order valence-corrected chi connectivity index (χ1v) is 10.2. The number of ether oxygens (including phenoxy) is 1. The van der Waals surface area contributed by atoms with Crippen LogP contribution in [0.4, 0.5) is 23.7 Å². The van der Waals surface area contributed by atoms with Gasteiger partial charge in [0.15, 0.2) is 0 Å². The van der Waals surface area contributed by atoms with Gasteiger partial charge in [0.2, 0.25) is 5.91 Å². The van der Waals surface area contributed by atoms with Gasteiger partial charge >= 0.3 is 12.2 Å². The zero-order valence-electron chi connectivity index (χ0n) is 18.2. The van der Waals surface area contributed by atoms with Crippen LogP contribution in [-0.2, 0) is 15.8 Å². The minimum atomic E-state index is -4.50. The molecule has 1 saturated heterocycles. The molecule has 8 nitrogen and oxygen atoms in total. The van der Waals surface area contributed by atoms with Crippen LogP contribution < -0.4 is 15.4 Å². The van der Waals surface area contributed by atoms with Gasteiger partial charge in [-0.2, -0.15) is 13.2 Å². The number of nitrogens with one attached hydrogen (secondary N) is 2. The van der Waals surface area contributed by atoms with Crippen molar-refractivity contribution in [1.82, 2.24) is 10.2 Å². The van der Waals surface area contributed by atoms with E-state index in [1.807, 2.05) is 0 Å². The van der Waals surface area contributed by atoms with Crippen LogP contribution in [0.1, 0.15) is 11.3 Å². The molecular weight excluding hydrogens is 467 g/mol. The lowest BCUT2D eigenvalue weighted by Gasteiger charge is -2.13. The van der Waals surface area contributed by atoms with Crippen molar-refractivity contribution >= 4 is 29.6 Å². The highest BCUT2D eigenvalue weighted by Crippen LogP contribution is 2.33. The number of urea groups is 1. The van der Waals surface area contributed by atoms with E-state index in [2.05, 4.69) is 10.6 Å². The molecule has 0 unspecified atom stereocenters.